The lowest BCUT2D eigenvalue weighted by atomic mass is 9.72. The van der Waals surface area contributed by atoms with Crippen molar-refractivity contribution in [2.75, 3.05) is 9.80 Å². The van der Waals surface area contributed by atoms with Gasteiger partial charge < -0.3 is 9.80 Å². The number of anilines is 6. The largest absolute Gasteiger partial charge is 0.310 e. The fourth-order valence-electron chi connectivity index (χ4n) is 15.4. The lowest BCUT2D eigenvalue weighted by molar-refractivity contribution is 0.350. The Bertz CT molecular complexity index is 4290. The summed E-state index contributed by atoms with van der Waals surface area (Å²) in [6.45, 7) is 18.7. The predicted octanol–water partition coefficient (Wildman–Crippen LogP) is 24.8. The molecule has 91 heavy (non-hydrogen) atoms. The van der Waals surface area contributed by atoms with Crippen LogP contribution in [0.25, 0.3) is 66.8 Å². The molecule has 0 amide bonds. The number of rotatable bonds is 16. The summed E-state index contributed by atoms with van der Waals surface area (Å²) in [5.74, 6) is 0. The minimum atomic E-state index is -0.175. The van der Waals surface area contributed by atoms with Crippen LogP contribution >= 0.6 is 0 Å². The van der Waals surface area contributed by atoms with Gasteiger partial charge in [-0.15, -0.1) is 0 Å². The molecule has 0 atom stereocenters. The van der Waals surface area contributed by atoms with Gasteiger partial charge in [0.2, 0.25) is 0 Å². The molecule has 1 spiro atoms. The summed E-state index contributed by atoms with van der Waals surface area (Å²) >= 11 is 0. The predicted molar refractivity (Wildman–Crippen MR) is 388 cm³/mol. The first kappa shape index (κ1) is 58.9. The van der Waals surface area contributed by atoms with Crippen molar-refractivity contribution >= 4 is 34.1 Å². The zero-order chi connectivity index (χ0) is 62.4. The molecule has 0 bridgehead atoms. The highest BCUT2D eigenvalue weighted by atomic mass is 15.1. The van der Waals surface area contributed by atoms with Crippen LogP contribution in [0.5, 0.6) is 0 Å². The Morgan fingerprint density at radius 1 is 0.264 bits per heavy atom. The molecular weight excluding hydrogens is 1100 g/mol. The molecule has 0 heterocycles. The van der Waals surface area contributed by atoms with Gasteiger partial charge in [0.05, 0.1) is 0 Å². The summed E-state index contributed by atoms with van der Waals surface area (Å²) in [5.41, 5.74) is 32.3. The zero-order valence-corrected chi connectivity index (χ0v) is 54.2. The Labute approximate surface area is 541 Å². The molecule has 14 rings (SSSR count). The van der Waals surface area contributed by atoms with Gasteiger partial charge in [-0.1, -0.05) is 260 Å². The maximum absolute atomic E-state index is 2.58. The molecule has 2 aliphatic rings. The molecule has 0 aliphatic heterocycles. The SMILES string of the molecule is CCCc1ccc(-c2ccc(N(c3ccc(-c4cccc(C)c4)cc3)c3cccc(-c4ccc5c(c4)C4(CC5(C)C)CC(C)(C)c5ccc(-c6cccc(N(c7ccc(-c8ccc(CCC)cc8)cc7)c7ccc(-c8cccc(C)c8)cc7)c6)cc54)c3)cc2)cc1. The van der Waals surface area contributed by atoms with Crippen molar-refractivity contribution in [3.63, 3.8) is 0 Å². The van der Waals surface area contributed by atoms with Crippen LogP contribution in [0.4, 0.5) is 34.1 Å². The maximum atomic E-state index is 2.58. The van der Waals surface area contributed by atoms with Crippen molar-refractivity contribution in [1.29, 1.82) is 0 Å². The average molecular weight is 1180 g/mol. The molecule has 0 saturated carbocycles. The molecule has 0 N–H and O–H groups in total. The number of aryl methyl sites for hydroxylation is 4. The summed E-state index contributed by atoms with van der Waals surface area (Å²) < 4.78 is 0. The Morgan fingerprint density at radius 3 is 0.857 bits per heavy atom. The molecule has 12 aromatic rings. The van der Waals surface area contributed by atoms with Crippen LogP contribution in [0.1, 0.15) is 112 Å². The first-order chi connectivity index (χ1) is 44.2. The Hall–Kier alpha value is -9.76. The first-order valence-corrected chi connectivity index (χ1v) is 33.1. The van der Waals surface area contributed by atoms with Gasteiger partial charge in [-0.3, -0.25) is 0 Å². The molecule has 448 valence electrons. The van der Waals surface area contributed by atoms with Crippen LogP contribution in [0.15, 0.2) is 279 Å². The highest BCUT2D eigenvalue weighted by molar-refractivity contribution is 5.85. The minimum Gasteiger partial charge on any atom is -0.310 e. The molecule has 0 unspecified atom stereocenters. The van der Waals surface area contributed by atoms with E-state index in [9.17, 15) is 0 Å². The van der Waals surface area contributed by atoms with Crippen molar-refractivity contribution in [2.24, 2.45) is 0 Å². The Balaban J connectivity index is 0.824. The smallest absolute Gasteiger partial charge is 0.0467 e. The number of hydrogen-bond acceptors (Lipinski definition) is 2. The van der Waals surface area contributed by atoms with Crippen LogP contribution in [-0.2, 0) is 29.1 Å². The van der Waals surface area contributed by atoms with E-state index in [2.05, 4.69) is 344 Å². The third kappa shape index (κ3) is 11.5. The van der Waals surface area contributed by atoms with E-state index < -0.39 is 0 Å². The van der Waals surface area contributed by atoms with Gasteiger partial charge in [0.25, 0.3) is 0 Å². The third-order valence-corrected chi connectivity index (χ3v) is 19.7. The summed E-state index contributed by atoms with van der Waals surface area (Å²) in [5, 5.41) is 0. The van der Waals surface area contributed by atoms with Crippen LogP contribution < -0.4 is 9.80 Å². The van der Waals surface area contributed by atoms with Crippen LogP contribution in [0.3, 0.4) is 0 Å². The Morgan fingerprint density at radius 2 is 0.538 bits per heavy atom. The van der Waals surface area contributed by atoms with Gasteiger partial charge in [0.1, 0.15) is 0 Å². The van der Waals surface area contributed by atoms with Crippen molar-refractivity contribution in [3.05, 3.63) is 324 Å². The molecule has 0 radical (unpaired) electrons. The molecule has 0 saturated heterocycles. The molecule has 0 fully saturated rings. The third-order valence-electron chi connectivity index (χ3n) is 19.7. The van der Waals surface area contributed by atoms with E-state index in [1.165, 1.54) is 111 Å². The normalized spacial score (nSPS) is 14.1. The summed E-state index contributed by atoms with van der Waals surface area (Å²) in [6.07, 6.45) is 6.59. The second-order valence-corrected chi connectivity index (χ2v) is 27.3. The number of nitrogens with zero attached hydrogens (tertiary/aromatic N) is 2. The van der Waals surface area contributed by atoms with E-state index in [1.807, 2.05) is 0 Å². The molecule has 2 aliphatic carbocycles. The van der Waals surface area contributed by atoms with Crippen molar-refractivity contribution in [3.8, 4) is 66.8 Å². The van der Waals surface area contributed by atoms with Crippen LogP contribution in [0, 0.1) is 13.8 Å². The summed E-state index contributed by atoms with van der Waals surface area (Å²) in [4.78, 5) is 4.85. The van der Waals surface area contributed by atoms with E-state index in [0.29, 0.717) is 0 Å². The maximum Gasteiger partial charge on any atom is 0.0467 e. The van der Waals surface area contributed by atoms with Gasteiger partial charge >= 0.3 is 0 Å². The van der Waals surface area contributed by atoms with Gasteiger partial charge in [0.15, 0.2) is 0 Å². The fraction of sp³-hybridized carbons (Fsp3) is 0.191. The first-order valence-electron chi connectivity index (χ1n) is 33.1. The fourth-order valence-corrected chi connectivity index (χ4v) is 15.4. The van der Waals surface area contributed by atoms with E-state index >= 15 is 0 Å². The van der Waals surface area contributed by atoms with E-state index in [1.54, 1.807) is 0 Å². The number of fused-ring (bicyclic) bond motifs is 4. The van der Waals surface area contributed by atoms with E-state index in [-0.39, 0.29) is 16.2 Å². The number of hydrogen-bond donors (Lipinski definition) is 0. The van der Waals surface area contributed by atoms with Crippen molar-refractivity contribution in [1.82, 2.24) is 0 Å². The standard InChI is InChI=1S/C89H82N2/c1-9-15-63-25-29-65(30-26-63)67-33-43-77(44-34-67)90(79-47-37-69(38-48-79)71-19-11-17-61(3)53-71)81-23-13-21-73(55-81)75-41-51-83-85(57-75)89(59-87(83,5)6)60-88(7,8)84-52-42-76(58-86(84)89)74-22-14-24-82(56-74)91(80-49-39-70(40-50-80)72-20-12-18-62(4)54-72)78-45-35-68(36-46-78)66-31-27-64(16-10-2)28-32-66/h11-14,17-58H,9-10,15-16,59-60H2,1-8H3. The lowest BCUT2D eigenvalue weighted by Gasteiger charge is -2.31. The van der Waals surface area contributed by atoms with Gasteiger partial charge in [-0.25, -0.2) is 0 Å². The molecule has 2 nitrogen and oxygen atoms in total. The van der Waals surface area contributed by atoms with Gasteiger partial charge in [-0.05, 0) is 235 Å². The van der Waals surface area contributed by atoms with E-state index in [4.69, 9.17) is 0 Å². The summed E-state index contributed by atoms with van der Waals surface area (Å²) in [6, 6.07) is 106. The molecule has 12 aromatic carbocycles. The number of benzene rings is 12. The average Bonchev–Trinajstić information content (AvgIpc) is 1.53. The van der Waals surface area contributed by atoms with Gasteiger partial charge in [-0.2, -0.15) is 0 Å². The summed E-state index contributed by atoms with van der Waals surface area (Å²) in [7, 11) is 0. The molecular formula is C89H82N2. The highest BCUT2D eigenvalue weighted by Gasteiger charge is 2.56. The van der Waals surface area contributed by atoms with E-state index in [0.717, 1.165) is 72.6 Å². The van der Waals surface area contributed by atoms with Crippen molar-refractivity contribution < 1.29 is 0 Å². The lowest BCUT2D eigenvalue weighted by Crippen LogP contribution is -2.27. The minimum absolute atomic E-state index is 0.0299. The molecule has 0 aromatic heterocycles. The zero-order valence-electron chi connectivity index (χ0n) is 54.2. The second-order valence-electron chi connectivity index (χ2n) is 27.3. The topological polar surface area (TPSA) is 6.48 Å². The van der Waals surface area contributed by atoms with Crippen LogP contribution in [0.2, 0.25) is 0 Å². The van der Waals surface area contributed by atoms with Gasteiger partial charge in [0, 0.05) is 39.5 Å². The Kier molecular flexibility index (Phi) is 15.7. The highest BCUT2D eigenvalue weighted by Crippen LogP contribution is 2.63. The van der Waals surface area contributed by atoms with Crippen LogP contribution in [-0.4, -0.2) is 0 Å². The second kappa shape index (κ2) is 24.2. The molecule has 2 heteroatoms. The van der Waals surface area contributed by atoms with Crippen molar-refractivity contribution in [2.45, 2.75) is 110 Å². The monoisotopic (exact) mass is 1180 g/mol. The quantitative estimate of drug-likeness (QED) is 0.0951.